The number of unbranched alkanes of at least 4 members (excludes halogenated alkanes) is 1. The third kappa shape index (κ3) is 12.6. The molecule has 266 valence electrons. The largest absolute Gasteiger partial charge is 0.480 e. The molecule has 0 aliphatic carbocycles. The zero-order chi connectivity index (χ0) is 36.0. The molecule has 5 amide bonds. The molecule has 2 aromatic rings. The number of para-hydroxylation sites is 1. The molecule has 0 saturated heterocycles. The Bertz CT molecular complexity index is 1410. The minimum Gasteiger partial charge on any atom is -0.480 e. The molecule has 15 nitrogen and oxygen atoms in total. The average molecular weight is 673 g/mol. The molecule has 0 fully saturated rings. The Balaban J connectivity index is 2.27. The Morgan fingerprint density at radius 1 is 0.792 bits per heavy atom. The summed E-state index contributed by atoms with van der Waals surface area (Å²) < 4.78 is 0. The summed E-state index contributed by atoms with van der Waals surface area (Å²) in [4.78, 5) is 80.4. The van der Waals surface area contributed by atoms with Gasteiger partial charge in [0.05, 0.1) is 6.04 Å². The van der Waals surface area contributed by atoms with Crippen LogP contribution in [0.3, 0.4) is 0 Å². The van der Waals surface area contributed by atoms with E-state index in [-0.39, 0.29) is 25.2 Å². The first-order valence-electron chi connectivity index (χ1n) is 16.4. The summed E-state index contributed by atoms with van der Waals surface area (Å²) in [5, 5.41) is 23.0. The van der Waals surface area contributed by atoms with Crippen molar-refractivity contribution in [3.05, 3.63) is 36.0 Å². The number of carboxylic acid groups (broad SMARTS) is 1. The maximum Gasteiger partial charge on any atom is 0.322 e. The van der Waals surface area contributed by atoms with Crippen LogP contribution in [0.5, 0.6) is 0 Å². The summed E-state index contributed by atoms with van der Waals surface area (Å²) in [6.45, 7) is 8.45. The first-order valence-corrected chi connectivity index (χ1v) is 16.4. The molecule has 0 bridgehead atoms. The van der Waals surface area contributed by atoms with Crippen molar-refractivity contribution in [2.45, 2.75) is 96.9 Å². The third-order valence-corrected chi connectivity index (χ3v) is 7.73. The van der Waals surface area contributed by atoms with Gasteiger partial charge in [-0.2, -0.15) is 0 Å². The highest BCUT2D eigenvalue weighted by atomic mass is 16.4. The van der Waals surface area contributed by atoms with Gasteiger partial charge in [-0.25, -0.2) is 0 Å². The number of carbonyl (C=O) groups is 6. The highest BCUT2D eigenvalue weighted by Crippen LogP contribution is 2.19. The molecule has 2 rings (SSSR count). The van der Waals surface area contributed by atoms with Gasteiger partial charge in [0.1, 0.15) is 30.7 Å². The van der Waals surface area contributed by atoms with Gasteiger partial charge in [0.15, 0.2) is 0 Å². The van der Waals surface area contributed by atoms with Crippen LogP contribution >= 0.6 is 0 Å². The van der Waals surface area contributed by atoms with E-state index in [1.165, 1.54) is 6.92 Å². The molecule has 1 heterocycles. The second-order valence-electron chi connectivity index (χ2n) is 12.8. The lowest BCUT2D eigenvalue weighted by Crippen LogP contribution is -2.60. The van der Waals surface area contributed by atoms with E-state index in [1.807, 2.05) is 38.1 Å². The number of hydrogen-bond acceptors (Lipinski definition) is 8. The van der Waals surface area contributed by atoms with Gasteiger partial charge in [-0.05, 0) is 62.6 Å². The van der Waals surface area contributed by atoms with Gasteiger partial charge in [0, 0.05) is 23.5 Å². The Morgan fingerprint density at radius 3 is 2.02 bits per heavy atom. The summed E-state index contributed by atoms with van der Waals surface area (Å²) >= 11 is 0. The van der Waals surface area contributed by atoms with Gasteiger partial charge in [0.25, 0.3) is 0 Å². The molecule has 0 aliphatic heterocycles. The van der Waals surface area contributed by atoms with E-state index in [4.69, 9.17) is 16.6 Å². The zero-order valence-corrected chi connectivity index (χ0v) is 28.4. The standard InChI is InChI=1S/C33H52N8O7/c1-18(2)14-25(40-31(46)26(39-29(44)20(5)35)15-21-16-36-23-11-7-6-10-22(21)23)32(47)41-28(19(3)4)33(48)38-24(12-8-9-13-34)30(45)37-17-27(42)43/h6-7,10-11,16,18-20,24-26,28,36H,8-9,12-15,17,34-35H2,1-5H3,(H,37,45)(H,38,48)(H,39,44)(H,40,46)(H,41,47)(H,42,43). The number of carbonyl (C=O) groups excluding carboxylic acids is 5. The van der Waals surface area contributed by atoms with Gasteiger partial charge in [-0.3, -0.25) is 28.8 Å². The van der Waals surface area contributed by atoms with Gasteiger partial charge < -0.3 is 48.1 Å². The lowest BCUT2D eigenvalue weighted by Gasteiger charge is -2.29. The van der Waals surface area contributed by atoms with Gasteiger partial charge in [-0.1, -0.05) is 45.9 Å². The summed E-state index contributed by atoms with van der Waals surface area (Å²) in [5.74, 6) is -4.76. The Kier molecular flexibility index (Phi) is 16.0. The molecule has 48 heavy (non-hydrogen) atoms. The summed E-state index contributed by atoms with van der Waals surface area (Å²) in [7, 11) is 0. The van der Waals surface area contributed by atoms with Crippen LogP contribution in [0, 0.1) is 11.8 Å². The highest BCUT2D eigenvalue weighted by Gasteiger charge is 2.33. The molecule has 0 aliphatic rings. The number of aliphatic carboxylic acids is 1. The average Bonchev–Trinajstić information content (AvgIpc) is 3.43. The predicted octanol–water partition coefficient (Wildman–Crippen LogP) is 0.0287. The van der Waals surface area contributed by atoms with Crippen molar-refractivity contribution in [3.8, 4) is 0 Å². The molecular formula is C33H52N8O7. The molecule has 0 radical (unpaired) electrons. The maximum absolute atomic E-state index is 13.7. The van der Waals surface area contributed by atoms with Gasteiger partial charge in [-0.15, -0.1) is 0 Å². The third-order valence-electron chi connectivity index (χ3n) is 7.73. The van der Waals surface area contributed by atoms with Crippen molar-refractivity contribution >= 4 is 46.4 Å². The van der Waals surface area contributed by atoms with E-state index in [2.05, 4.69) is 31.6 Å². The van der Waals surface area contributed by atoms with Crippen LogP contribution in [-0.4, -0.2) is 88.9 Å². The van der Waals surface area contributed by atoms with Crippen molar-refractivity contribution in [2.75, 3.05) is 13.1 Å². The van der Waals surface area contributed by atoms with E-state index in [0.717, 1.165) is 16.5 Å². The van der Waals surface area contributed by atoms with E-state index in [9.17, 15) is 28.8 Å². The second-order valence-corrected chi connectivity index (χ2v) is 12.8. The number of H-pyrrole nitrogens is 1. The van der Waals surface area contributed by atoms with Crippen molar-refractivity contribution in [2.24, 2.45) is 23.3 Å². The van der Waals surface area contributed by atoms with Crippen LogP contribution < -0.4 is 38.1 Å². The first-order chi connectivity index (χ1) is 22.6. The normalized spacial score (nSPS) is 14.4. The number of amides is 5. The molecule has 1 aromatic carbocycles. The lowest BCUT2D eigenvalue weighted by atomic mass is 9.98. The number of benzene rings is 1. The van der Waals surface area contributed by atoms with Crippen LogP contribution in [0.2, 0.25) is 0 Å². The van der Waals surface area contributed by atoms with Gasteiger partial charge in [0.2, 0.25) is 29.5 Å². The second kappa shape index (κ2) is 19.4. The van der Waals surface area contributed by atoms with E-state index >= 15 is 0 Å². The molecule has 1 aromatic heterocycles. The Labute approximate surface area is 281 Å². The number of rotatable bonds is 20. The van der Waals surface area contributed by atoms with Crippen molar-refractivity contribution in [3.63, 3.8) is 0 Å². The SMILES string of the molecule is CC(C)CC(NC(=O)C(Cc1c[nH]c2ccccc12)NC(=O)C(C)N)C(=O)NC(C(=O)NC(CCCCN)C(=O)NCC(=O)O)C(C)C. The van der Waals surface area contributed by atoms with Crippen molar-refractivity contribution < 1.29 is 33.9 Å². The van der Waals surface area contributed by atoms with Gasteiger partial charge >= 0.3 is 5.97 Å². The van der Waals surface area contributed by atoms with Crippen LogP contribution in [0.1, 0.15) is 65.9 Å². The number of nitrogens with one attached hydrogen (secondary N) is 6. The Hall–Kier alpha value is -4.50. The molecule has 5 unspecified atom stereocenters. The number of carboxylic acids is 1. The minimum absolute atomic E-state index is 0.0389. The first kappa shape index (κ1) is 39.7. The molecule has 5 atom stereocenters. The molecule has 11 N–H and O–H groups in total. The lowest BCUT2D eigenvalue weighted by molar-refractivity contribution is -0.138. The smallest absolute Gasteiger partial charge is 0.322 e. The zero-order valence-electron chi connectivity index (χ0n) is 28.4. The van der Waals surface area contributed by atoms with Crippen LogP contribution in [0.4, 0.5) is 0 Å². The molecule has 0 spiro atoms. The fourth-order valence-electron chi connectivity index (χ4n) is 5.11. The number of fused-ring (bicyclic) bond motifs is 1. The Morgan fingerprint density at radius 2 is 1.42 bits per heavy atom. The fourth-order valence-corrected chi connectivity index (χ4v) is 5.11. The van der Waals surface area contributed by atoms with Crippen LogP contribution in [0.25, 0.3) is 10.9 Å². The monoisotopic (exact) mass is 672 g/mol. The molecule has 15 heteroatoms. The number of aromatic amines is 1. The number of hydrogen-bond donors (Lipinski definition) is 9. The predicted molar refractivity (Wildman–Crippen MR) is 181 cm³/mol. The number of nitrogens with two attached hydrogens (primary N) is 2. The minimum atomic E-state index is -1.23. The van der Waals surface area contributed by atoms with E-state index < -0.39 is 78.2 Å². The van der Waals surface area contributed by atoms with E-state index in [1.54, 1.807) is 20.0 Å². The fraction of sp³-hybridized carbons (Fsp3) is 0.576. The molecule has 0 saturated carbocycles. The summed E-state index contributed by atoms with van der Waals surface area (Å²) in [5.41, 5.74) is 13.0. The van der Waals surface area contributed by atoms with Crippen LogP contribution in [0.15, 0.2) is 30.5 Å². The van der Waals surface area contributed by atoms with Crippen molar-refractivity contribution in [1.82, 2.24) is 31.6 Å². The topological polar surface area (TPSA) is 251 Å². The molecular weight excluding hydrogens is 620 g/mol. The summed E-state index contributed by atoms with van der Waals surface area (Å²) in [6.07, 6.45) is 3.41. The van der Waals surface area contributed by atoms with Crippen molar-refractivity contribution in [1.29, 1.82) is 0 Å². The number of aromatic nitrogens is 1. The maximum atomic E-state index is 13.7. The quantitative estimate of drug-likeness (QED) is 0.0859. The highest BCUT2D eigenvalue weighted by molar-refractivity contribution is 5.96. The summed E-state index contributed by atoms with van der Waals surface area (Å²) in [6, 6.07) is 2.38. The van der Waals surface area contributed by atoms with E-state index in [0.29, 0.717) is 19.4 Å². The van der Waals surface area contributed by atoms with Crippen LogP contribution in [-0.2, 0) is 35.2 Å².